The van der Waals surface area contributed by atoms with E-state index in [1.807, 2.05) is 32.2 Å². The predicted molar refractivity (Wildman–Crippen MR) is 134 cm³/mol. The number of ether oxygens (including phenoxy) is 1. The fraction of sp³-hybridized carbons (Fsp3) is 0.407. The van der Waals surface area contributed by atoms with Gasteiger partial charge in [-0.15, -0.1) is 0 Å². The third-order valence-electron chi connectivity index (χ3n) is 5.79. The lowest BCUT2D eigenvalue weighted by Crippen LogP contribution is -2.27. The van der Waals surface area contributed by atoms with Crippen molar-refractivity contribution in [1.82, 2.24) is 15.3 Å². The first kappa shape index (κ1) is 24.5. The van der Waals surface area contributed by atoms with Crippen LogP contribution in [0.1, 0.15) is 55.5 Å². The Balaban J connectivity index is 1.43. The van der Waals surface area contributed by atoms with Crippen LogP contribution in [-0.2, 0) is 6.42 Å². The van der Waals surface area contributed by atoms with E-state index >= 15 is 0 Å². The highest BCUT2D eigenvalue weighted by Gasteiger charge is 2.16. The number of hydrazone groups is 1. The summed E-state index contributed by atoms with van der Waals surface area (Å²) in [4.78, 5) is 4.66. The number of rotatable bonds is 11. The molecule has 0 radical (unpaired) electrons. The van der Waals surface area contributed by atoms with Crippen molar-refractivity contribution in [3.05, 3.63) is 78.0 Å². The van der Waals surface area contributed by atoms with Gasteiger partial charge >= 0.3 is 0 Å². The van der Waals surface area contributed by atoms with Crippen LogP contribution in [-0.4, -0.2) is 36.0 Å². The fourth-order valence-corrected chi connectivity index (χ4v) is 3.79. The molecule has 0 bridgehead atoms. The standard InChI is InChI=1S/C27H35FN4O/c1-20(26-15-16-27(22(3)31-26)33-25-11-6-5-7-12-25)18-30-32(4)19-29-21(2)13-14-23-9-8-10-24(28)17-23/h8-10,15-18,25,29H,1-2,5-7,11-14,19H2,3-4H3/b30-18-. The fourth-order valence-electron chi connectivity index (χ4n) is 3.79. The number of hydrogen-bond acceptors (Lipinski definition) is 5. The predicted octanol–water partition coefficient (Wildman–Crippen LogP) is 5.87. The summed E-state index contributed by atoms with van der Waals surface area (Å²) in [5.74, 6) is 0.643. The van der Waals surface area contributed by atoms with Crippen LogP contribution in [0.3, 0.4) is 0 Å². The molecule has 1 aliphatic rings. The van der Waals surface area contributed by atoms with Crippen LogP contribution in [0.15, 0.2) is 60.4 Å². The first-order chi connectivity index (χ1) is 15.9. The maximum absolute atomic E-state index is 13.3. The molecule has 3 rings (SSSR count). The minimum atomic E-state index is -0.212. The summed E-state index contributed by atoms with van der Waals surface area (Å²) < 4.78 is 19.4. The van der Waals surface area contributed by atoms with Crippen LogP contribution in [0.2, 0.25) is 0 Å². The van der Waals surface area contributed by atoms with Crippen LogP contribution >= 0.6 is 0 Å². The number of halogens is 1. The SMILES string of the molecule is C=C(CCc1cccc(F)c1)NCN(C)/N=C\C(=C)c1ccc(OC2CCCCC2)c(C)n1. The molecule has 0 saturated heterocycles. The first-order valence-corrected chi connectivity index (χ1v) is 11.7. The van der Waals surface area contributed by atoms with E-state index in [9.17, 15) is 4.39 Å². The van der Waals surface area contributed by atoms with Crippen molar-refractivity contribution in [2.45, 2.75) is 58.0 Å². The van der Waals surface area contributed by atoms with Gasteiger partial charge in [0.2, 0.25) is 0 Å². The summed E-state index contributed by atoms with van der Waals surface area (Å²) in [6.07, 6.45) is 9.51. The van der Waals surface area contributed by atoms with Crippen LogP contribution in [0.25, 0.3) is 5.57 Å². The molecule has 1 N–H and O–H groups in total. The second-order valence-electron chi connectivity index (χ2n) is 8.65. The first-order valence-electron chi connectivity index (χ1n) is 11.7. The Bertz CT molecular complexity index is 982. The molecular weight excluding hydrogens is 415 g/mol. The number of nitrogens with zero attached hydrogens (tertiary/aromatic N) is 3. The minimum Gasteiger partial charge on any atom is -0.489 e. The van der Waals surface area contributed by atoms with Gasteiger partial charge in [0, 0.05) is 18.3 Å². The van der Waals surface area contributed by atoms with Gasteiger partial charge in [0.1, 0.15) is 18.2 Å². The lowest BCUT2D eigenvalue weighted by molar-refractivity contribution is 0.153. The van der Waals surface area contributed by atoms with Crippen molar-refractivity contribution >= 4 is 11.8 Å². The molecule has 1 aromatic carbocycles. The highest BCUT2D eigenvalue weighted by Crippen LogP contribution is 2.26. The largest absolute Gasteiger partial charge is 0.489 e. The highest BCUT2D eigenvalue weighted by atomic mass is 19.1. The second kappa shape index (κ2) is 12.2. The summed E-state index contributed by atoms with van der Waals surface area (Å²) >= 11 is 0. The van der Waals surface area contributed by atoms with Gasteiger partial charge in [0.15, 0.2) is 0 Å². The Hall–Kier alpha value is -3.15. The Morgan fingerprint density at radius 3 is 2.76 bits per heavy atom. The topological polar surface area (TPSA) is 49.8 Å². The molecule has 1 fully saturated rings. The Labute approximate surface area is 197 Å². The number of pyridine rings is 1. The van der Waals surface area contributed by atoms with Gasteiger partial charge < -0.3 is 10.1 Å². The normalized spacial score (nSPS) is 14.3. The summed E-state index contributed by atoms with van der Waals surface area (Å²) in [7, 11) is 1.87. The molecule has 0 amide bonds. The van der Waals surface area contributed by atoms with Crippen molar-refractivity contribution in [1.29, 1.82) is 0 Å². The van der Waals surface area contributed by atoms with Gasteiger partial charge in [0.05, 0.1) is 23.7 Å². The molecule has 2 aromatic rings. The number of benzene rings is 1. The highest BCUT2D eigenvalue weighted by molar-refractivity contribution is 6.07. The smallest absolute Gasteiger partial charge is 0.140 e. The average Bonchev–Trinajstić information content (AvgIpc) is 2.82. The van der Waals surface area contributed by atoms with Gasteiger partial charge in [-0.3, -0.25) is 5.01 Å². The molecule has 33 heavy (non-hydrogen) atoms. The Morgan fingerprint density at radius 2 is 2.03 bits per heavy atom. The number of aryl methyl sites for hydroxylation is 2. The number of allylic oxidation sites excluding steroid dienone is 2. The van der Waals surface area contributed by atoms with Crippen molar-refractivity contribution in [3.8, 4) is 5.75 Å². The molecule has 0 aliphatic heterocycles. The number of nitrogens with one attached hydrogen (secondary N) is 1. The van der Waals surface area contributed by atoms with E-state index in [2.05, 4.69) is 28.6 Å². The van der Waals surface area contributed by atoms with E-state index in [0.717, 1.165) is 59.7 Å². The van der Waals surface area contributed by atoms with Crippen LogP contribution in [0.5, 0.6) is 5.75 Å². The third kappa shape index (κ3) is 8.04. The molecule has 1 heterocycles. The van der Waals surface area contributed by atoms with E-state index in [0.29, 0.717) is 12.8 Å². The van der Waals surface area contributed by atoms with Crippen molar-refractivity contribution in [3.63, 3.8) is 0 Å². The Kier molecular flexibility index (Phi) is 9.04. The number of hydrogen-bond donors (Lipinski definition) is 1. The van der Waals surface area contributed by atoms with Crippen LogP contribution < -0.4 is 10.1 Å². The summed E-state index contributed by atoms with van der Waals surface area (Å²) in [6, 6.07) is 10.6. The molecule has 0 atom stereocenters. The van der Waals surface area contributed by atoms with Gasteiger partial charge in [0.25, 0.3) is 0 Å². The zero-order chi connectivity index (χ0) is 23.6. The van der Waals surface area contributed by atoms with E-state index in [1.54, 1.807) is 23.4 Å². The van der Waals surface area contributed by atoms with Crippen molar-refractivity contribution < 1.29 is 9.13 Å². The molecule has 1 aliphatic carbocycles. The van der Waals surface area contributed by atoms with E-state index < -0.39 is 0 Å². The van der Waals surface area contributed by atoms with Gasteiger partial charge in [-0.1, -0.05) is 31.7 Å². The molecule has 1 saturated carbocycles. The summed E-state index contributed by atoms with van der Waals surface area (Å²) in [5.41, 5.74) is 4.23. The molecule has 1 aromatic heterocycles. The lowest BCUT2D eigenvalue weighted by Gasteiger charge is -2.23. The van der Waals surface area contributed by atoms with Crippen molar-refractivity contribution in [2.75, 3.05) is 13.7 Å². The molecule has 0 spiro atoms. The molecule has 6 heteroatoms. The number of aromatic nitrogens is 1. The van der Waals surface area contributed by atoms with E-state index in [-0.39, 0.29) is 5.82 Å². The molecular formula is C27H35FN4O. The zero-order valence-corrected chi connectivity index (χ0v) is 19.8. The second-order valence-corrected chi connectivity index (χ2v) is 8.65. The van der Waals surface area contributed by atoms with Crippen LogP contribution in [0.4, 0.5) is 4.39 Å². The monoisotopic (exact) mass is 450 g/mol. The minimum absolute atomic E-state index is 0.212. The van der Waals surface area contributed by atoms with Crippen LogP contribution in [0, 0.1) is 12.7 Å². The van der Waals surface area contributed by atoms with E-state index in [4.69, 9.17) is 4.74 Å². The third-order valence-corrected chi connectivity index (χ3v) is 5.79. The van der Waals surface area contributed by atoms with Gasteiger partial charge in [-0.2, -0.15) is 5.10 Å². The summed E-state index contributed by atoms with van der Waals surface area (Å²) in [5, 5.41) is 9.45. The molecule has 176 valence electrons. The Morgan fingerprint density at radius 1 is 1.24 bits per heavy atom. The molecule has 5 nitrogen and oxygen atoms in total. The van der Waals surface area contributed by atoms with Gasteiger partial charge in [-0.25, -0.2) is 9.37 Å². The summed E-state index contributed by atoms with van der Waals surface area (Å²) in [6.45, 7) is 10.6. The zero-order valence-electron chi connectivity index (χ0n) is 19.8. The maximum Gasteiger partial charge on any atom is 0.140 e. The average molecular weight is 451 g/mol. The molecule has 0 unspecified atom stereocenters. The van der Waals surface area contributed by atoms with Gasteiger partial charge in [-0.05, 0) is 75.3 Å². The maximum atomic E-state index is 13.3. The quantitative estimate of drug-likeness (QED) is 0.264. The van der Waals surface area contributed by atoms with Crippen molar-refractivity contribution in [2.24, 2.45) is 5.10 Å². The van der Waals surface area contributed by atoms with E-state index in [1.165, 1.54) is 25.3 Å². The lowest BCUT2D eigenvalue weighted by atomic mass is 9.98.